The second kappa shape index (κ2) is 10.4. The molecule has 1 aromatic carbocycles. The summed E-state index contributed by atoms with van der Waals surface area (Å²) < 4.78 is 5.05. The van der Waals surface area contributed by atoms with Crippen LogP contribution in [0.4, 0.5) is 4.79 Å². The molecule has 2 rings (SSSR count). The lowest BCUT2D eigenvalue weighted by molar-refractivity contribution is 0.0914. The Morgan fingerprint density at radius 1 is 1.19 bits per heavy atom. The second-order valence-corrected chi connectivity index (χ2v) is 6.18. The molecule has 8 nitrogen and oxygen atoms in total. The summed E-state index contributed by atoms with van der Waals surface area (Å²) >= 11 is 0. The molecule has 1 aromatic rings. The van der Waals surface area contributed by atoms with Crippen LogP contribution in [0.3, 0.4) is 0 Å². The van der Waals surface area contributed by atoms with Gasteiger partial charge in [0.2, 0.25) is 0 Å². The molecule has 0 aromatic heterocycles. The third-order valence-electron chi connectivity index (χ3n) is 4.43. The summed E-state index contributed by atoms with van der Waals surface area (Å²) in [5, 5.41) is 6.00. The second-order valence-electron chi connectivity index (χ2n) is 6.18. The minimum atomic E-state index is -0.254. The van der Waals surface area contributed by atoms with E-state index in [1.807, 2.05) is 25.1 Å². The summed E-state index contributed by atoms with van der Waals surface area (Å²) in [6.45, 7) is 5.58. The monoisotopic (exact) mass is 375 g/mol. The van der Waals surface area contributed by atoms with Gasteiger partial charge in [-0.1, -0.05) is 12.1 Å². The largest absolute Gasteiger partial charge is 0.450 e. The van der Waals surface area contributed by atoms with Crippen LogP contribution in [0.1, 0.15) is 22.8 Å². The minimum absolute atomic E-state index is 0.0833. The van der Waals surface area contributed by atoms with Crippen LogP contribution in [-0.4, -0.2) is 81.2 Å². The van der Waals surface area contributed by atoms with Gasteiger partial charge in [0.05, 0.1) is 6.61 Å². The zero-order valence-electron chi connectivity index (χ0n) is 16.3. The van der Waals surface area contributed by atoms with E-state index in [0.717, 1.165) is 17.9 Å². The highest BCUT2D eigenvalue weighted by Crippen LogP contribution is 2.07. The average molecular weight is 375 g/mol. The number of piperazine rings is 1. The first kappa shape index (κ1) is 20.5. The Balaban J connectivity index is 1.81. The van der Waals surface area contributed by atoms with Crippen molar-refractivity contribution in [1.82, 2.24) is 20.4 Å². The number of ether oxygens (including phenoxy) is 1. The number of rotatable bonds is 5. The third-order valence-corrected chi connectivity index (χ3v) is 4.43. The van der Waals surface area contributed by atoms with Gasteiger partial charge >= 0.3 is 6.09 Å². The lowest BCUT2D eigenvalue weighted by Gasteiger charge is -2.35. The van der Waals surface area contributed by atoms with Gasteiger partial charge in [0.15, 0.2) is 5.96 Å². The number of nitrogens with one attached hydrogen (secondary N) is 2. The van der Waals surface area contributed by atoms with Gasteiger partial charge < -0.3 is 25.2 Å². The van der Waals surface area contributed by atoms with Crippen LogP contribution >= 0.6 is 0 Å². The molecule has 0 bridgehead atoms. The zero-order chi connectivity index (χ0) is 19.6. The Bertz CT molecular complexity index is 669. The van der Waals surface area contributed by atoms with Crippen LogP contribution in [0.15, 0.2) is 29.3 Å². The number of guanidine groups is 1. The van der Waals surface area contributed by atoms with Crippen molar-refractivity contribution in [1.29, 1.82) is 0 Å². The fraction of sp³-hybridized carbons (Fsp3) is 0.526. The molecule has 1 heterocycles. The van der Waals surface area contributed by atoms with Gasteiger partial charge in [-0.15, -0.1) is 0 Å². The standard InChI is InChI=1S/C19H29N5O3/c1-4-27-19(26)24-12-10-23(11-13-24)18(21-3)22-9-8-15-6-5-7-16(14-15)17(25)20-2/h5-7,14H,4,8-13H2,1-3H3,(H,20,25)(H,21,22). The van der Waals surface area contributed by atoms with E-state index in [9.17, 15) is 9.59 Å². The lowest BCUT2D eigenvalue weighted by atomic mass is 10.1. The fourth-order valence-corrected chi connectivity index (χ4v) is 2.98. The summed E-state index contributed by atoms with van der Waals surface area (Å²) in [6.07, 6.45) is 0.531. The van der Waals surface area contributed by atoms with E-state index in [2.05, 4.69) is 20.5 Å². The number of nitrogens with zero attached hydrogens (tertiary/aromatic N) is 3. The highest BCUT2D eigenvalue weighted by atomic mass is 16.6. The van der Waals surface area contributed by atoms with Crippen LogP contribution < -0.4 is 10.6 Å². The van der Waals surface area contributed by atoms with Crippen molar-refractivity contribution in [3.05, 3.63) is 35.4 Å². The van der Waals surface area contributed by atoms with E-state index in [-0.39, 0.29) is 12.0 Å². The maximum atomic E-state index is 11.8. The number of carbonyl (C=O) groups is 2. The first-order valence-electron chi connectivity index (χ1n) is 9.27. The Hall–Kier alpha value is -2.77. The summed E-state index contributed by atoms with van der Waals surface area (Å²) in [4.78, 5) is 31.7. The molecule has 2 amide bonds. The van der Waals surface area contributed by atoms with Gasteiger partial charge in [-0.25, -0.2) is 4.79 Å². The van der Waals surface area contributed by atoms with Crippen molar-refractivity contribution in [3.63, 3.8) is 0 Å². The number of hydrogen-bond donors (Lipinski definition) is 2. The number of aliphatic imine (C=N–C) groups is 1. The first-order valence-corrected chi connectivity index (χ1v) is 9.27. The zero-order valence-corrected chi connectivity index (χ0v) is 16.3. The predicted molar refractivity (Wildman–Crippen MR) is 105 cm³/mol. The van der Waals surface area contributed by atoms with Crippen molar-refractivity contribution >= 4 is 18.0 Å². The molecule has 27 heavy (non-hydrogen) atoms. The lowest BCUT2D eigenvalue weighted by Crippen LogP contribution is -2.54. The molecule has 1 fully saturated rings. The van der Waals surface area contributed by atoms with E-state index in [1.165, 1.54) is 0 Å². The van der Waals surface area contributed by atoms with E-state index in [0.29, 0.717) is 44.9 Å². The summed E-state index contributed by atoms with van der Waals surface area (Å²) in [5.74, 6) is 0.737. The van der Waals surface area contributed by atoms with Gasteiger partial charge in [0, 0.05) is 52.4 Å². The predicted octanol–water partition coefficient (Wildman–Crippen LogP) is 0.938. The summed E-state index contributed by atoms with van der Waals surface area (Å²) in [7, 11) is 3.38. The van der Waals surface area contributed by atoms with E-state index < -0.39 is 0 Å². The topological polar surface area (TPSA) is 86.3 Å². The average Bonchev–Trinajstić information content (AvgIpc) is 2.71. The smallest absolute Gasteiger partial charge is 0.409 e. The Labute approximate surface area is 160 Å². The maximum absolute atomic E-state index is 11.8. The van der Waals surface area contributed by atoms with Gasteiger partial charge in [0.25, 0.3) is 5.91 Å². The van der Waals surface area contributed by atoms with Crippen LogP contribution in [0.5, 0.6) is 0 Å². The van der Waals surface area contributed by atoms with E-state index in [4.69, 9.17) is 4.74 Å². The van der Waals surface area contributed by atoms with Gasteiger partial charge in [-0.3, -0.25) is 9.79 Å². The van der Waals surface area contributed by atoms with Gasteiger partial charge in [-0.2, -0.15) is 0 Å². The number of amides is 2. The third kappa shape index (κ3) is 5.87. The molecule has 1 aliphatic rings. The molecule has 2 N–H and O–H groups in total. The van der Waals surface area contributed by atoms with Gasteiger partial charge in [-0.05, 0) is 31.0 Å². The molecule has 0 aliphatic carbocycles. The Kier molecular flexibility index (Phi) is 7.91. The molecule has 0 atom stereocenters. The number of carbonyl (C=O) groups excluding carboxylic acids is 2. The normalized spacial score (nSPS) is 14.7. The number of benzene rings is 1. The molecule has 1 aliphatic heterocycles. The fourth-order valence-electron chi connectivity index (χ4n) is 2.98. The summed E-state index contributed by atoms with van der Waals surface area (Å²) in [6, 6.07) is 7.61. The Morgan fingerprint density at radius 2 is 1.89 bits per heavy atom. The molecule has 8 heteroatoms. The van der Waals surface area contributed by atoms with Crippen molar-refractivity contribution in [2.75, 3.05) is 53.4 Å². The maximum Gasteiger partial charge on any atom is 0.409 e. The van der Waals surface area contributed by atoms with Crippen molar-refractivity contribution in [3.8, 4) is 0 Å². The van der Waals surface area contributed by atoms with Crippen molar-refractivity contribution in [2.24, 2.45) is 4.99 Å². The van der Waals surface area contributed by atoms with Crippen LogP contribution in [0.2, 0.25) is 0 Å². The molecule has 0 saturated carbocycles. The molecule has 1 saturated heterocycles. The number of hydrogen-bond acceptors (Lipinski definition) is 4. The highest BCUT2D eigenvalue weighted by molar-refractivity contribution is 5.94. The van der Waals surface area contributed by atoms with E-state index >= 15 is 0 Å². The quantitative estimate of drug-likeness (QED) is 0.591. The molecular formula is C19H29N5O3. The van der Waals surface area contributed by atoms with E-state index in [1.54, 1.807) is 25.1 Å². The highest BCUT2D eigenvalue weighted by Gasteiger charge is 2.23. The van der Waals surface area contributed by atoms with Crippen molar-refractivity contribution in [2.45, 2.75) is 13.3 Å². The molecular weight excluding hydrogens is 346 g/mol. The van der Waals surface area contributed by atoms with Crippen LogP contribution in [-0.2, 0) is 11.2 Å². The SMILES string of the molecule is CCOC(=O)N1CCN(C(=NC)NCCc2cccc(C(=O)NC)c2)CC1. The summed E-state index contributed by atoms with van der Waals surface area (Å²) in [5.41, 5.74) is 1.75. The van der Waals surface area contributed by atoms with Crippen molar-refractivity contribution < 1.29 is 14.3 Å². The molecule has 0 spiro atoms. The molecule has 148 valence electrons. The first-order chi connectivity index (χ1) is 13.1. The Morgan fingerprint density at radius 3 is 2.52 bits per heavy atom. The van der Waals surface area contributed by atoms with Gasteiger partial charge in [0.1, 0.15) is 0 Å². The minimum Gasteiger partial charge on any atom is -0.450 e. The van der Waals surface area contributed by atoms with Crippen LogP contribution in [0, 0.1) is 0 Å². The van der Waals surface area contributed by atoms with Crippen LogP contribution in [0.25, 0.3) is 0 Å². The molecule has 0 unspecified atom stereocenters. The molecule has 0 radical (unpaired) electrons.